The van der Waals surface area contributed by atoms with Crippen LogP contribution >= 0.6 is 0 Å². The highest BCUT2D eigenvalue weighted by Gasteiger charge is 2.36. The molecule has 0 amide bonds. The van der Waals surface area contributed by atoms with Gasteiger partial charge in [0, 0.05) is 6.42 Å². The highest BCUT2D eigenvalue weighted by molar-refractivity contribution is 6.05. The molecule has 5 heteroatoms. The summed E-state index contributed by atoms with van der Waals surface area (Å²) in [6.07, 6.45) is 5.92. The Morgan fingerprint density at radius 3 is 2.64 bits per heavy atom. The molecule has 0 aromatic heterocycles. The number of phenols is 1. The minimum Gasteiger partial charge on any atom is -0.506 e. The van der Waals surface area contributed by atoms with Crippen molar-refractivity contribution in [1.82, 2.24) is 0 Å². The van der Waals surface area contributed by atoms with Crippen molar-refractivity contribution in [3.63, 3.8) is 0 Å². The molecule has 0 saturated heterocycles. The number of phenolic OH excluding ortho intramolecular Hbond substituents is 1. The number of carbonyl (C=O) groups is 1. The van der Waals surface area contributed by atoms with E-state index < -0.39 is 11.9 Å². The van der Waals surface area contributed by atoms with E-state index in [1.165, 1.54) is 0 Å². The van der Waals surface area contributed by atoms with Gasteiger partial charge in [0.2, 0.25) is 6.29 Å². The Bertz CT molecular complexity index is 786. The van der Waals surface area contributed by atoms with Crippen molar-refractivity contribution < 1.29 is 24.5 Å². The van der Waals surface area contributed by atoms with E-state index in [9.17, 15) is 15.0 Å². The van der Waals surface area contributed by atoms with Gasteiger partial charge in [0.25, 0.3) is 0 Å². The molecule has 1 aromatic rings. The van der Waals surface area contributed by atoms with Crippen molar-refractivity contribution in [2.75, 3.05) is 0 Å². The zero-order valence-corrected chi connectivity index (χ0v) is 15.0. The number of aliphatic hydroxyl groups excluding tert-OH is 1. The van der Waals surface area contributed by atoms with Crippen LogP contribution in [-0.2, 0) is 0 Å². The fourth-order valence-corrected chi connectivity index (χ4v) is 3.29. The Morgan fingerprint density at radius 1 is 1.28 bits per heavy atom. The summed E-state index contributed by atoms with van der Waals surface area (Å²) in [6, 6.07) is 0. The van der Waals surface area contributed by atoms with Gasteiger partial charge in [-0.05, 0) is 44.1 Å². The van der Waals surface area contributed by atoms with Crippen molar-refractivity contribution in [2.24, 2.45) is 0 Å². The summed E-state index contributed by atoms with van der Waals surface area (Å²) in [4.78, 5) is 12.5. The van der Waals surface area contributed by atoms with Gasteiger partial charge < -0.3 is 19.7 Å². The van der Waals surface area contributed by atoms with Crippen LogP contribution in [0.4, 0.5) is 0 Å². The van der Waals surface area contributed by atoms with Gasteiger partial charge in [0.05, 0.1) is 11.1 Å². The first-order valence-electron chi connectivity index (χ1n) is 8.69. The fourth-order valence-electron chi connectivity index (χ4n) is 3.29. The Balaban J connectivity index is 2.36. The summed E-state index contributed by atoms with van der Waals surface area (Å²) in [7, 11) is 0. The molecule has 0 saturated carbocycles. The predicted octanol–water partition coefficient (Wildman–Crippen LogP) is 4.06. The van der Waals surface area contributed by atoms with E-state index in [4.69, 9.17) is 9.47 Å². The molecule has 0 bridgehead atoms. The number of hydrogen-bond donors (Lipinski definition) is 2. The minimum atomic E-state index is -1.15. The molecule has 0 spiro atoms. The first-order valence-corrected chi connectivity index (χ1v) is 8.69. The topological polar surface area (TPSA) is 76.0 Å². The fraction of sp³-hybridized carbons (Fsp3) is 0.450. The minimum absolute atomic E-state index is 0.116. The number of ether oxygens (including phenoxy) is 2. The average Bonchev–Trinajstić information content (AvgIpc) is 2.53. The van der Waals surface area contributed by atoms with Crippen LogP contribution in [0.1, 0.15) is 68.4 Å². The van der Waals surface area contributed by atoms with Gasteiger partial charge in [-0.1, -0.05) is 20.3 Å². The molecule has 1 unspecified atom stereocenters. The van der Waals surface area contributed by atoms with Crippen LogP contribution in [0.3, 0.4) is 0 Å². The van der Waals surface area contributed by atoms with Crippen LogP contribution in [0.2, 0.25) is 0 Å². The molecule has 1 atom stereocenters. The zero-order chi connectivity index (χ0) is 18.4. The zero-order valence-electron chi connectivity index (χ0n) is 15.0. The lowest BCUT2D eigenvalue weighted by molar-refractivity contribution is 0.0209. The molecule has 25 heavy (non-hydrogen) atoms. The third-order valence-corrected chi connectivity index (χ3v) is 4.46. The molecular weight excluding hydrogens is 320 g/mol. The predicted molar refractivity (Wildman–Crippen MR) is 96.0 cm³/mol. The normalized spacial score (nSPS) is 20.0. The van der Waals surface area contributed by atoms with Gasteiger partial charge >= 0.3 is 0 Å². The van der Waals surface area contributed by atoms with Crippen LogP contribution < -0.4 is 9.47 Å². The van der Waals surface area contributed by atoms with E-state index in [1.807, 2.05) is 26.8 Å². The number of allylic oxidation sites excluding steroid dienone is 1. The third kappa shape index (κ3) is 2.93. The highest BCUT2D eigenvalue weighted by Crippen LogP contribution is 2.52. The van der Waals surface area contributed by atoms with Crippen LogP contribution in [0.25, 0.3) is 11.6 Å². The molecular formula is C20H24O5. The number of benzene rings is 1. The van der Waals surface area contributed by atoms with Crippen LogP contribution in [0.5, 0.6) is 17.2 Å². The third-order valence-electron chi connectivity index (χ3n) is 4.46. The van der Waals surface area contributed by atoms with E-state index in [-0.39, 0.29) is 29.3 Å². The van der Waals surface area contributed by atoms with Crippen molar-refractivity contribution in [3.05, 3.63) is 28.8 Å². The molecule has 0 fully saturated rings. The summed E-state index contributed by atoms with van der Waals surface area (Å²) in [5.41, 5.74) is 1.58. The Kier molecular flexibility index (Phi) is 4.37. The smallest absolute Gasteiger partial charge is 0.217 e. The quantitative estimate of drug-likeness (QED) is 0.806. The molecule has 2 heterocycles. The molecule has 0 radical (unpaired) electrons. The van der Waals surface area contributed by atoms with Gasteiger partial charge in [-0.25, -0.2) is 0 Å². The highest BCUT2D eigenvalue weighted by atomic mass is 16.6. The molecule has 134 valence electrons. The second-order valence-corrected chi connectivity index (χ2v) is 6.94. The monoisotopic (exact) mass is 344 g/mol. The number of hydrogen-bond acceptors (Lipinski definition) is 5. The average molecular weight is 344 g/mol. The van der Waals surface area contributed by atoms with Crippen LogP contribution in [-0.4, -0.2) is 27.9 Å². The maximum atomic E-state index is 12.5. The Morgan fingerprint density at radius 2 is 2.00 bits per heavy atom. The SMILES string of the molecule is CCCC1=CC(O)Oc2c(C(=O)CC)c(O)c3c(c21)OC(C)(C)C=C3. The standard InChI is InChI=1S/C20H24O5/c1-5-7-11-10-14(22)24-19-15(11)18-12(8-9-20(3,4)25-18)17(23)16(19)13(21)6-2/h8-10,14,22-23H,5-7H2,1-4H3. The second kappa shape index (κ2) is 6.23. The van der Waals surface area contributed by atoms with Crippen LogP contribution in [0, 0.1) is 0 Å². The van der Waals surface area contributed by atoms with E-state index in [1.54, 1.807) is 19.1 Å². The van der Waals surface area contributed by atoms with E-state index in [2.05, 4.69) is 0 Å². The number of ketones is 1. The van der Waals surface area contributed by atoms with Gasteiger partial charge in [-0.2, -0.15) is 0 Å². The van der Waals surface area contributed by atoms with Crippen LogP contribution in [0.15, 0.2) is 12.2 Å². The first-order chi connectivity index (χ1) is 11.8. The molecule has 2 N–H and O–H groups in total. The molecule has 2 aliphatic rings. The van der Waals surface area contributed by atoms with Crippen molar-refractivity contribution >= 4 is 17.4 Å². The summed E-state index contributed by atoms with van der Waals surface area (Å²) in [5, 5.41) is 20.8. The van der Waals surface area contributed by atoms with Gasteiger partial charge in [-0.3, -0.25) is 4.79 Å². The van der Waals surface area contributed by atoms with E-state index in [0.717, 1.165) is 12.0 Å². The summed E-state index contributed by atoms with van der Waals surface area (Å²) >= 11 is 0. The van der Waals surface area contributed by atoms with Crippen molar-refractivity contribution in [2.45, 2.75) is 58.8 Å². The Labute approximate surface area is 147 Å². The summed E-state index contributed by atoms with van der Waals surface area (Å²) in [6.45, 7) is 7.61. The van der Waals surface area contributed by atoms with Gasteiger partial charge in [0.1, 0.15) is 28.4 Å². The molecule has 3 rings (SSSR count). The molecule has 2 aliphatic heterocycles. The number of rotatable bonds is 4. The maximum absolute atomic E-state index is 12.5. The van der Waals surface area contributed by atoms with Crippen molar-refractivity contribution in [3.8, 4) is 17.2 Å². The number of aromatic hydroxyl groups is 1. The van der Waals surface area contributed by atoms with Gasteiger partial charge in [-0.15, -0.1) is 0 Å². The maximum Gasteiger partial charge on any atom is 0.217 e. The largest absolute Gasteiger partial charge is 0.506 e. The van der Waals surface area contributed by atoms with E-state index in [0.29, 0.717) is 23.3 Å². The number of fused-ring (bicyclic) bond motifs is 3. The lowest BCUT2D eigenvalue weighted by Crippen LogP contribution is -2.30. The Hall–Kier alpha value is -2.27. The summed E-state index contributed by atoms with van der Waals surface area (Å²) in [5.74, 6) is 0.323. The molecule has 0 aliphatic carbocycles. The number of carbonyl (C=O) groups excluding carboxylic acids is 1. The molecule has 5 nitrogen and oxygen atoms in total. The number of Topliss-reactive ketones (excluding diaryl/α,β-unsaturated/α-hetero) is 1. The lowest BCUT2D eigenvalue weighted by Gasteiger charge is -2.34. The molecule has 1 aromatic carbocycles. The summed E-state index contributed by atoms with van der Waals surface area (Å²) < 4.78 is 11.7. The van der Waals surface area contributed by atoms with Crippen molar-refractivity contribution in [1.29, 1.82) is 0 Å². The lowest BCUT2D eigenvalue weighted by atomic mass is 9.87. The second-order valence-electron chi connectivity index (χ2n) is 6.94. The van der Waals surface area contributed by atoms with E-state index >= 15 is 0 Å². The number of aliphatic hydroxyl groups is 1. The van der Waals surface area contributed by atoms with Gasteiger partial charge in [0.15, 0.2) is 5.78 Å². The first kappa shape index (κ1) is 17.5.